The van der Waals surface area contributed by atoms with Crippen molar-refractivity contribution in [1.82, 2.24) is 9.36 Å². The second-order valence-corrected chi connectivity index (χ2v) is 7.28. The molecule has 1 aromatic heterocycles. The maximum Gasteiger partial charge on any atom is 0.202 e. The molecule has 4 heteroatoms. The van der Waals surface area contributed by atoms with Crippen LogP contribution in [-0.4, -0.2) is 15.4 Å². The third-order valence-electron chi connectivity index (χ3n) is 4.16. The third-order valence-corrected chi connectivity index (χ3v) is 4.80. The van der Waals surface area contributed by atoms with Crippen LogP contribution in [0, 0.1) is 11.8 Å². The van der Waals surface area contributed by atoms with Gasteiger partial charge in [0.2, 0.25) is 5.13 Å². The van der Waals surface area contributed by atoms with Crippen molar-refractivity contribution in [2.75, 3.05) is 5.32 Å². The lowest BCUT2D eigenvalue weighted by atomic mass is 9.94. The number of hydrogen-bond donors (Lipinski definition) is 1. The second-order valence-electron chi connectivity index (χ2n) is 6.53. The van der Waals surface area contributed by atoms with E-state index in [-0.39, 0.29) is 5.41 Å². The molecule has 0 amide bonds. The van der Waals surface area contributed by atoms with Crippen molar-refractivity contribution in [3.8, 4) is 0 Å². The molecule has 1 aliphatic carbocycles. The second kappa shape index (κ2) is 5.16. The Bertz CT molecular complexity index is 394. The quantitative estimate of drug-likeness (QED) is 0.897. The van der Waals surface area contributed by atoms with Crippen LogP contribution >= 0.6 is 11.5 Å². The van der Waals surface area contributed by atoms with Gasteiger partial charge in [0.1, 0.15) is 5.82 Å². The summed E-state index contributed by atoms with van der Waals surface area (Å²) in [7, 11) is 0. The molecule has 1 saturated carbocycles. The van der Waals surface area contributed by atoms with Crippen LogP contribution < -0.4 is 5.32 Å². The molecular formula is C14H25N3S. The van der Waals surface area contributed by atoms with Gasteiger partial charge < -0.3 is 5.32 Å². The molecule has 0 saturated heterocycles. The smallest absolute Gasteiger partial charge is 0.202 e. The van der Waals surface area contributed by atoms with Crippen LogP contribution in [0.4, 0.5) is 5.13 Å². The molecule has 1 aliphatic rings. The minimum Gasteiger partial charge on any atom is -0.357 e. The molecule has 0 bridgehead atoms. The standard InChI is InChI=1S/C14H25N3S/c1-6-10-7-8-11(9(10)2)15-13-16-12(17-18-13)14(3,4)5/h9-11H,6-8H2,1-5H3,(H,15,16,17). The minimum absolute atomic E-state index is 0.0453. The fourth-order valence-electron chi connectivity index (χ4n) is 2.77. The van der Waals surface area contributed by atoms with Crippen LogP contribution in [0.2, 0.25) is 0 Å². The normalized spacial score (nSPS) is 28.6. The van der Waals surface area contributed by atoms with E-state index in [1.807, 2.05) is 0 Å². The van der Waals surface area contributed by atoms with E-state index < -0.39 is 0 Å². The van der Waals surface area contributed by atoms with Gasteiger partial charge in [-0.15, -0.1) is 0 Å². The van der Waals surface area contributed by atoms with E-state index in [1.54, 1.807) is 0 Å². The third kappa shape index (κ3) is 2.85. The first-order valence-electron chi connectivity index (χ1n) is 7.02. The van der Waals surface area contributed by atoms with Crippen molar-refractivity contribution in [2.45, 2.75) is 65.3 Å². The molecule has 1 heterocycles. The maximum atomic E-state index is 4.63. The predicted octanol–water partition coefficient (Wildman–Crippen LogP) is 4.07. The first-order chi connectivity index (χ1) is 8.41. The lowest BCUT2D eigenvalue weighted by molar-refractivity contribution is 0.392. The predicted molar refractivity (Wildman–Crippen MR) is 78.2 cm³/mol. The average Bonchev–Trinajstić information content (AvgIpc) is 2.87. The van der Waals surface area contributed by atoms with E-state index in [0.29, 0.717) is 6.04 Å². The van der Waals surface area contributed by atoms with E-state index in [1.165, 1.54) is 30.8 Å². The van der Waals surface area contributed by atoms with Crippen LogP contribution in [-0.2, 0) is 5.41 Å². The highest BCUT2D eigenvalue weighted by atomic mass is 32.1. The minimum atomic E-state index is 0.0453. The molecule has 0 aromatic carbocycles. The molecule has 0 aliphatic heterocycles. The van der Waals surface area contributed by atoms with Gasteiger partial charge in [0, 0.05) is 23.0 Å². The van der Waals surface area contributed by atoms with Crippen LogP contribution in [0.3, 0.4) is 0 Å². The topological polar surface area (TPSA) is 37.8 Å². The molecular weight excluding hydrogens is 242 g/mol. The van der Waals surface area contributed by atoms with Crippen LogP contribution in [0.1, 0.15) is 59.7 Å². The summed E-state index contributed by atoms with van der Waals surface area (Å²) in [6.45, 7) is 11.1. The van der Waals surface area contributed by atoms with E-state index >= 15 is 0 Å². The van der Waals surface area contributed by atoms with Crippen LogP contribution in [0.25, 0.3) is 0 Å². The Hall–Kier alpha value is -0.640. The zero-order valence-corrected chi connectivity index (χ0v) is 13.0. The van der Waals surface area contributed by atoms with Crippen molar-refractivity contribution in [2.24, 2.45) is 11.8 Å². The van der Waals surface area contributed by atoms with Gasteiger partial charge in [-0.2, -0.15) is 4.37 Å². The monoisotopic (exact) mass is 267 g/mol. The number of anilines is 1. The maximum absolute atomic E-state index is 4.63. The number of aromatic nitrogens is 2. The number of nitrogens with one attached hydrogen (secondary N) is 1. The number of hydrogen-bond acceptors (Lipinski definition) is 4. The molecule has 0 radical (unpaired) electrons. The molecule has 3 nitrogen and oxygen atoms in total. The fraction of sp³-hybridized carbons (Fsp3) is 0.857. The van der Waals surface area contributed by atoms with E-state index in [2.05, 4.69) is 49.3 Å². The van der Waals surface area contributed by atoms with Gasteiger partial charge in [0.05, 0.1) is 0 Å². The molecule has 102 valence electrons. The fourth-order valence-corrected chi connectivity index (χ4v) is 3.59. The van der Waals surface area contributed by atoms with E-state index in [0.717, 1.165) is 22.8 Å². The molecule has 1 aromatic rings. The average molecular weight is 267 g/mol. The van der Waals surface area contributed by atoms with Gasteiger partial charge in [-0.1, -0.05) is 41.0 Å². The Morgan fingerprint density at radius 2 is 2.06 bits per heavy atom. The molecule has 2 rings (SSSR count). The molecule has 3 atom stereocenters. The van der Waals surface area contributed by atoms with Gasteiger partial charge in [-0.05, 0) is 24.7 Å². The van der Waals surface area contributed by atoms with Crippen LogP contribution in [0.15, 0.2) is 0 Å². The first kappa shape index (κ1) is 13.8. The lowest BCUT2D eigenvalue weighted by Crippen LogP contribution is -2.24. The summed E-state index contributed by atoms with van der Waals surface area (Å²) in [5.41, 5.74) is 0.0453. The Morgan fingerprint density at radius 3 is 2.56 bits per heavy atom. The van der Waals surface area contributed by atoms with Crippen molar-refractivity contribution < 1.29 is 0 Å². The summed E-state index contributed by atoms with van der Waals surface area (Å²) in [4.78, 5) is 4.63. The highest BCUT2D eigenvalue weighted by Gasteiger charge is 2.32. The van der Waals surface area contributed by atoms with Crippen molar-refractivity contribution in [1.29, 1.82) is 0 Å². The summed E-state index contributed by atoms with van der Waals surface area (Å²) in [6.07, 6.45) is 3.91. The number of rotatable bonds is 3. The highest BCUT2D eigenvalue weighted by Crippen LogP contribution is 2.36. The van der Waals surface area contributed by atoms with Gasteiger partial charge >= 0.3 is 0 Å². The largest absolute Gasteiger partial charge is 0.357 e. The Labute approximate surface area is 115 Å². The Balaban J connectivity index is 2.00. The number of nitrogens with zero attached hydrogens (tertiary/aromatic N) is 2. The summed E-state index contributed by atoms with van der Waals surface area (Å²) >= 11 is 1.50. The first-order valence-corrected chi connectivity index (χ1v) is 7.80. The van der Waals surface area contributed by atoms with E-state index in [4.69, 9.17) is 0 Å². The summed E-state index contributed by atoms with van der Waals surface area (Å²) in [5.74, 6) is 2.57. The van der Waals surface area contributed by atoms with Gasteiger partial charge in [-0.3, -0.25) is 0 Å². The molecule has 18 heavy (non-hydrogen) atoms. The molecule has 1 N–H and O–H groups in total. The van der Waals surface area contributed by atoms with E-state index in [9.17, 15) is 0 Å². The van der Waals surface area contributed by atoms with Gasteiger partial charge in [0.25, 0.3) is 0 Å². The van der Waals surface area contributed by atoms with Crippen LogP contribution in [0.5, 0.6) is 0 Å². The van der Waals surface area contributed by atoms with Gasteiger partial charge in [-0.25, -0.2) is 4.98 Å². The summed E-state index contributed by atoms with van der Waals surface area (Å²) in [5, 5.41) is 4.59. The van der Waals surface area contributed by atoms with Crippen molar-refractivity contribution in [3.05, 3.63) is 5.82 Å². The van der Waals surface area contributed by atoms with Gasteiger partial charge in [0.15, 0.2) is 0 Å². The summed E-state index contributed by atoms with van der Waals surface area (Å²) in [6, 6.07) is 0.579. The molecule has 1 fully saturated rings. The van der Waals surface area contributed by atoms with Crippen molar-refractivity contribution >= 4 is 16.7 Å². The summed E-state index contributed by atoms with van der Waals surface area (Å²) < 4.78 is 4.46. The Kier molecular flexibility index (Phi) is 3.95. The zero-order valence-electron chi connectivity index (χ0n) is 12.2. The molecule has 3 unspecified atom stereocenters. The van der Waals surface area contributed by atoms with Crippen molar-refractivity contribution in [3.63, 3.8) is 0 Å². The SMILES string of the molecule is CCC1CCC(Nc2nc(C(C)(C)C)ns2)C1C. The lowest BCUT2D eigenvalue weighted by Gasteiger charge is -2.20. The zero-order chi connectivity index (χ0) is 13.3. The molecule has 0 spiro atoms. The Morgan fingerprint density at radius 1 is 1.33 bits per heavy atom. The highest BCUT2D eigenvalue weighted by molar-refractivity contribution is 7.09.